The van der Waals surface area contributed by atoms with Crippen LogP contribution in [0.2, 0.25) is 0 Å². The molecular formula is C13H20F3N. The van der Waals surface area contributed by atoms with Crippen LogP contribution in [0.3, 0.4) is 0 Å². The number of nitrogens with one attached hydrogen (secondary N) is 1. The fourth-order valence-corrected chi connectivity index (χ4v) is 2.48. The van der Waals surface area contributed by atoms with Crippen molar-refractivity contribution < 1.29 is 13.2 Å². The minimum absolute atomic E-state index is 0.227. The van der Waals surface area contributed by atoms with Crippen LogP contribution in [0.25, 0.3) is 0 Å². The Hall–Kier alpha value is -0.690. The van der Waals surface area contributed by atoms with Gasteiger partial charge >= 0.3 is 6.18 Å². The summed E-state index contributed by atoms with van der Waals surface area (Å²) in [6.45, 7) is 1.98. The van der Waals surface area contributed by atoms with Gasteiger partial charge in [-0.15, -0.1) is 6.42 Å². The minimum atomic E-state index is -4.11. The van der Waals surface area contributed by atoms with E-state index in [0.717, 1.165) is 19.3 Å². The molecule has 17 heavy (non-hydrogen) atoms. The second-order valence-electron chi connectivity index (χ2n) is 4.71. The van der Waals surface area contributed by atoms with Crippen molar-refractivity contribution in [3.05, 3.63) is 0 Å². The van der Waals surface area contributed by atoms with Crippen LogP contribution in [0.15, 0.2) is 0 Å². The van der Waals surface area contributed by atoms with Gasteiger partial charge in [0.05, 0.1) is 12.0 Å². The second-order valence-corrected chi connectivity index (χ2v) is 4.71. The van der Waals surface area contributed by atoms with Crippen LogP contribution in [-0.4, -0.2) is 18.3 Å². The average Bonchev–Trinajstić information content (AvgIpc) is 2.27. The van der Waals surface area contributed by atoms with E-state index >= 15 is 0 Å². The SMILES string of the molecule is C#CC(CCC)NC1CCCCC1C(F)(F)F. The lowest BCUT2D eigenvalue weighted by Gasteiger charge is -2.35. The van der Waals surface area contributed by atoms with Gasteiger partial charge in [-0.2, -0.15) is 13.2 Å². The molecule has 1 saturated carbocycles. The van der Waals surface area contributed by atoms with Crippen LogP contribution in [0.4, 0.5) is 13.2 Å². The summed E-state index contributed by atoms with van der Waals surface area (Å²) in [6.07, 6.45) is 5.16. The number of terminal acetylenes is 1. The molecule has 0 amide bonds. The number of alkyl halides is 3. The van der Waals surface area contributed by atoms with Crippen LogP contribution in [0.1, 0.15) is 45.4 Å². The van der Waals surface area contributed by atoms with Gasteiger partial charge in [-0.3, -0.25) is 0 Å². The third kappa shape index (κ3) is 4.23. The monoisotopic (exact) mass is 247 g/mol. The van der Waals surface area contributed by atoms with E-state index in [2.05, 4.69) is 11.2 Å². The van der Waals surface area contributed by atoms with Crippen molar-refractivity contribution in [2.24, 2.45) is 5.92 Å². The lowest BCUT2D eigenvalue weighted by atomic mass is 9.83. The fraction of sp³-hybridized carbons (Fsp3) is 0.846. The number of hydrogen-bond donors (Lipinski definition) is 1. The highest BCUT2D eigenvalue weighted by Gasteiger charge is 2.45. The molecule has 0 aliphatic heterocycles. The number of rotatable bonds is 4. The normalized spacial score (nSPS) is 27.5. The van der Waals surface area contributed by atoms with E-state index in [9.17, 15) is 13.2 Å². The molecule has 0 aromatic rings. The van der Waals surface area contributed by atoms with Crippen molar-refractivity contribution in [2.45, 2.75) is 63.7 Å². The molecule has 0 aromatic heterocycles. The Labute approximate surface area is 101 Å². The molecule has 4 heteroatoms. The summed E-state index contributed by atoms with van der Waals surface area (Å²) in [6, 6.07) is -0.732. The summed E-state index contributed by atoms with van der Waals surface area (Å²) < 4.78 is 38.5. The molecular weight excluding hydrogens is 227 g/mol. The molecule has 1 N–H and O–H groups in total. The van der Waals surface area contributed by atoms with Gasteiger partial charge in [0, 0.05) is 6.04 Å². The summed E-state index contributed by atoms with van der Waals surface area (Å²) in [5.74, 6) is 1.31. The zero-order valence-corrected chi connectivity index (χ0v) is 10.2. The largest absolute Gasteiger partial charge is 0.393 e. The van der Waals surface area contributed by atoms with Gasteiger partial charge in [-0.05, 0) is 19.3 Å². The third-order valence-electron chi connectivity index (χ3n) is 3.38. The molecule has 0 heterocycles. The zero-order chi connectivity index (χ0) is 12.9. The van der Waals surface area contributed by atoms with Crippen LogP contribution in [0, 0.1) is 18.3 Å². The van der Waals surface area contributed by atoms with Crippen molar-refractivity contribution in [3.8, 4) is 12.3 Å². The van der Waals surface area contributed by atoms with Gasteiger partial charge in [0.2, 0.25) is 0 Å². The van der Waals surface area contributed by atoms with Gasteiger partial charge in [0.1, 0.15) is 0 Å². The van der Waals surface area contributed by atoms with Crippen molar-refractivity contribution >= 4 is 0 Å². The standard InChI is InChI=1S/C13H20F3N/c1-3-7-10(4-2)17-12-9-6-5-8-11(12)13(14,15)16/h2,10-12,17H,3,5-9H2,1H3. The minimum Gasteiger partial charge on any atom is -0.300 e. The van der Waals surface area contributed by atoms with E-state index in [1.54, 1.807) is 0 Å². The van der Waals surface area contributed by atoms with E-state index in [0.29, 0.717) is 12.8 Å². The highest BCUT2D eigenvalue weighted by atomic mass is 19.4. The number of halogens is 3. The Balaban J connectivity index is 2.62. The Bertz CT molecular complexity index is 267. The Kier molecular flexibility index (Phi) is 5.32. The van der Waals surface area contributed by atoms with E-state index in [-0.39, 0.29) is 12.5 Å². The fourth-order valence-electron chi connectivity index (χ4n) is 2.48. The second kappa shape index (κ2) is 6.30. The number of hydrogen-bond acceptors (Lipinski definition) is 1. The lowest BCUT2D eigenvalue weighted by molar-refractivity contribution is -0.189. The summed E-state index contributed by atoms with van der Waals surface area (Å²) >= 11 is 0. The first-order valence-corrected chi connectivity index (χ1v) is 6.28. The predicted molar refractivity (Wildman–Crippen MR) is 62.5 cm³/mol. The van der Waals surface area contributed by atoms with Crippen LogP contribution in [-0.2, 0) is 0 Å². The Morgan fingerprint density at radius 1 is 1.35 bits per heavy atom. The van der Waals surface area contributed by atoms with Gasteiger partial charge in [0.15, 0.2) is 0 Å². The van der Waals surface area contributed by atoms with Crippen molar-refractivity contribution in [1.82, 2.24) is 5.32 Å². The Morgan fingerprint density at radius 2 is 2.00 bits per heavy atom. The summed E-state index contributed by atoms with van der Waals surface area (Å²) in [5, 5.41) is 3.01. The molecule has 0 bridgehead atoms. The highest BCUT2D eigenvalue weighted by molar-refractivity contribution is 5.01. The molecule has 1 nitrogen and oxygen atoms in total. The summed E-state index contributed by atoms with van der Waals surface area (Å²) in [7, 11) is 0. The maximum Gasteiger partial charge on any atom is 0.393 e. The average molecular weight is 247 g/mol. The third-order valence-corrected chi connectivity index (χ3v) is 3.38. The molecule has 0 spiro atoms. The molecule has 1 aliphatic rings. The molecule has 3 atom stereocenters. The molecule has 98 valence electrons. The highest BCUT2D eigenvalue weighted by Crippen LogP contribution is 2.37. The lowest BCUT2D eigenvalue weighted by Crippen LogP contribution is -2.48. The van der Waals surface area contributed by atoms with E-state index in [1.165, 1.54) is 0 Å². The van der Waals surface area contributed by atoms with Crippen molar-refractivity contribution in [3.63, 3.8) is 0 Å². The van der Waals surface area contributed by atoms with Gasteiger partial charge in [-0.1, -0.05) is 32.1 Å². The van der Waals surface area contributed by atoms with Crippen LogP contribution < -0.4 is 5.32 Å². The summed E-state index contributed by atoms with van der Waals surface area (Å²) in [4.78, 5) is 0. The van der Waals surface area contributed by atoms with Crippen molar-refractivity contribution in [1.29, 1.82) is 0 Å². The van der Waals surface area contributed by atoms with Gasteiger partial charge in [0.25, 0.3) is 0 Å². The van der Waals surface area contributed by atoms with Gasteiger partial charge < -0.3 is 5.32 Å². The van der Waals surface area contributed by atoms with E-state index in [4.69, 9.17) is 6.42 Å². The quantitative estimate of drug-likeness (QED) is 0.750. The van der Waals surface area contributed by atoms with E-state index < -0.39 is 18.1 Å². The smallest absolute Gasteiger partial charge is 0.300 e. The predicted octanol–water partition coefficient (Wildman–Crippen LogP) is 3.50. The van der Waals surface area contributed by atoms with Crippen molar-refractivity contribution in [2.75, 3.05) is 0 Å². The maximum absolute atomic E-state index is 12.8. The Morgan fingerprint density at radius 3 is 2.53 bits per heavy atom. The summed E-state index contributed by atoms with van der Waals surface area (Å²) in [5.41, 5.74) is 0. The molecule has 1 fully saturated rings. The maximum atomic E-state index is 12.8. The molecule has 1 rings (SSSR count). The molecule has 3 unspecified atom stereocenters. The first-order chi connectivity index (χ1) is 7.99. The first kappa shape index (κ1) is 14.4. The molecule has 0 saturated heterocycles. The zero-order valence-electron chi connectivity index (χ0n) is 10.2. The first-order valence-electron chi connectivity index (χ1n) is 6.28. The molecule has 1 aliphatic carbocycles. The van der Waals surface area contributed by atoms with Crippen LogP contribution in [0.5, 0.6) is 0 Å². The van der Waals surface area contributed by atoms with E-state index in [1.807, 2.05) is 6.92 Å². The molecule has 0 radical (unpaired) electrons. The molecule has 0 aromatic carbocycles. The topological polar surface area (TPSA) is 12.0 Å². The van der Waals surface area contributed by atoms with Gasteiger partial charge in [-0.25, -0.2) is 0 Å². The van der Waals surface area contributed by atoms with Crippen LogP contribution >= 0.6 is 0 Å².